The largest absolute Gasteiger partial charge is 0.299 e. The highest BCUT2D eigenvalue weighted by Crippen LogP contribution is 2.31. The minimum Gasteiger partial charge on any atom is -0.299 e. The van der Waals surface area contributed by atoms with Crippen molar-refractivity contribution in [1.29, 1.82) is 0 Å². The molecule has 0 saturated carbocycles. The van der Waals surface area contributed by atoms with Crippen molar-refractivity contribution < 1.29 is 4.79 Å². The van der Waals surface area contributed by atoms with Gasteiger partial charge in [0.1, 0.15) is 6.29 Å². The molecular formula is C8H11NO. The summed E-state index contributed by atoms with van der Waals surface area (Å²) in [6.45, 7) is 3.48. The summed E-state index contributed by atoms with van der Waals surface area (Å²) in [6, 6.07) is 0. The minimum absolute atomic E-state index is 0.713. The summed E-state index contributed by atoms with van der Waals surface area (Å²) in [5.41, 5.74) is 1.35. The van der Waals surface area contributed by atoms with Crippen LogP contribution in [0, 0.1) is 5.92 Å². The number of nitrogens with zero attached hydrogens (tertiary/aromatic N) is 1. The first-order valence-corrected chi connectivity index (χ1v) is 3.77. The quantitative estimate of drug-likeness (QED) is 0.386. The summed E-state index contributed by atoms with van der Waals surface area (Å²) < 4.78 is 0. The second-order valence-corrected chi connectivity index (χ2v) is 3.10. The van der Waals surface area contributed by atoms with E-state index in [9.17, 15) is 4.79 Å². The molecule has 10 heavy (non-hydrogen) atoms. The molecule has 2 fully saturated rings. The molecule has 2 rings (SSSR count). The predicted molar refractivity (Wildman–Crippen MR) is 38.7 cm³/mol. The molecule has 2 aliphatic heterocycles. The van der Waals surface area contributed by atoms with Crippen LogP contribution in [0.5, 0.6) is 0 Å². The van der Waals surface area contributed by atoms with Crippen molar-refractivity contribution in [1.82, 2.24) is 4.90 Å². The van der Waals surface area contributed by atoms with Crippen molar-refractivity contribution in [2.75, 3.05) is 19.6 Å². The van der Waals surface area contributed by atoms with E-state index in [1.165, 1.54) is 25.1 Å². The molecule has 0 spiro atoms. The molecule has 54 valence electrons. The van der Waals surface area contributed by atoms with Gasteiger partial charge in [-0.25, -0.2) is 0 Å². The van der Waals surface area contributed by atoms with Crippen LogP contribution in [-0.4, -0.2) is 30.8 Å². The second-order valence-electron chi connectivity index (χ2n) is 3.10. The molecule has 2 aliphatic rings. The molecule has 2 bridgehead atoms. The van der Waals surface area contributed by atoms with Crippen LogP contribution < -0.4 is 0 Å². The van der Waals surface area contributed by atoms with Crippen LogP contribution in [0.1, 0.15) is 6.42 Å². The van der Waals surface area contributed by atoms with Crippen LogP contribution in [0.25, 0.3) is 0 Å². The van der Waals surface area contributed by atoms with Crippen molar-refractivity contribution >= 4 is 6.29 Å². The lowest BCUT2D eigenvalue weighted by atomic mass is 9.99. The van der Waals surface area contributed by atoms with Crippen LogP contribution >= 0.6 is 0 Å². The summed E-state index contributed by atoms with van der Waals surface area (Å²) >= 11 is 0. The van der Waals surface area contributed by atoms with E-state index in [2.05, 4.69) is 4.90 Å². The Bertz CT molecular complexity index is 186. The smallest absolute Gasteiger partial charge is 0.142 e. The van der Waals surface area contributed by atoms with Crippen LogP contribution in [-0.2, 0) is 4.79 Å². The van der Waals surface area contributed by atoms with Gasteiger partial charge in [0, 0.05) is 13.1 Å². The van der Waals surface area contributed by atoms with Crippen LogP contribution in [0.4, 0.5) is 0 Å². The number of piperidine rings is 1. The molecule has 2 heterocycles. The Labute approximate surface area is 60.5 Å². The SMILES string of the molecule is O=CC=C1CN2CCC1C2. The minimum atomic E-state index is 0.713. The predicted octanol–water partition coefficient (Wildman–Crippen LogP) is 0.447. The van der Waals surface area contributed by atoms with Crippen LogP contribution in [0.15, 0.2) is 11.6 Å². The van der Waals surface area contributed by atoms with E-state index >= 15 is 0 Å². The highest BCUT2D eigenvalue weighted by molar-refractivity contribution is 5.66. The average molecular weight is 137 g/mol. The maximum Gasteiger partial charge on any atom is 0.142 e. The van der Waals surface area contributed by atoms with Gasteiger partial charge in [-0.05, 0) is 30.5 Å². The highest BCUT2D eigenvalue weighted by atomic mass is 16.1. The van der Waals surface area contributed by atoms with Gasteiger partial charge in [0.15, 0.2) is 0 Å². The maximum absolute atomic E-state index is 10.1. The molecule has 0 aromatic heterocycles. The average Bonchev–Trinajstić information content (AvgIpc) is 2.48. The van der Waals surface area contributed by atoms with Gasteiger partial charge in [-0.1, -0.05) is 0 Å². The van der Waals surface area contributed by atoms with E-state index < -0.39 is 0 Å². The van der Waals surface area contributed by atoms with E-state index in [4.69, 9.17) is 0 Å². The first-order chi connectivity index (χ1) is 4.90. The van der Waals surface area contributed by atoms with Gasteiger partial charge in [0.05, 0.1) is 0 Å². The molecule has 0 aromatic carbocycles. The van der Waals surface area contributed by atoms with E-state index in [-0.39, 0.29) is 0 Å². The summed E-state index contributed by atoms with van der Waals surface area (Å²) in [5.74, 6) is 0.713. The lowest BCUT2D eigenvalue weighted by molar-refractivity contribution is -0.104. The molecule has 2 heteroatoms. The van der Waals surface area contributed by atoms with Gasteiger partial charge in [-0.2, -0.15) is 0 Å². The Morgan fingerprint density at radius 2 is 2.50 bits per heavy atom. The standard InChI is InChI=1S/C8H11NO/c10-4-2-8-6-9-3-1-7(8)5-9/h2,4,7H,1,3,5-6H2. The fourth-order valence-corrected chi connectivity index (χ4v) is 1.94. The summed E-state index contributed by atoms with van der Waals surface area (Å²) in [5, 5.41) is 0. The van der Waals surface area contributed by atoms with Crippen molar-refractivity contribution in [2.24, 2.45) is 5.92 Å². The summed E-state index contributed by atoms with van der Waals surface area (Å²) in [4.78, 5) is 12.5. The molecule has 2 atom stereocenters. The Hall–Kier alpha value is -0.630. The number of fused-ring (bicyclic) bond motifs is 2. The maximum atomic E-state index is 10.1. The van der Waals surface area contributed by atoms with Crippen molar-refractivity contribution in [2.45, 2.75) is 6.42 Å². The molecule has 2 saturated heterocycles. The fraction of sp³-hybridized carbons (Fsp3) is 0.625. The molecule has 2 nitrogen and oxygen atoms in total. The molecule has 0 aliphatic carbocycles. The number of rotatable bonds is 1. The third-order valence-corrected chi connectivity index (χ3v) is 2.49. The van der Waals surface area contributed by atoms with Crippen LogP contribution in [0.2, 0.25) is 0 Å². The monoisotopic (exact) mass is 137 g/mol. The Kier molecular flexibility index (Phi) is 1.34. The van der Waals surface area contributed by atoms with Gasteiger partial charge in [-0.3, -0.25) is 9.69 Å². The van der Waals surface area contributed by atoms with Gasteiger partial charge in [0.2, 0.25) is 0 Å². The third kappa shape index (κ3) is 0.797. The molecule has 0 aromatic rings. The fourth-order valence-electron chi connectivity index (χ4n) is 1.94. The number of carbonyl (C=O) groups excluding carboxylic acids is 1. The molecule has 0 radical (unpaired) electrons. The highest BCUT2D eigenvalue weighted by Gasteiger charge is 2.32. The summed E-state index contributed by atoms with van der Waals surface area (Å²) in [6.07, 6.45) is 3.92. The number of carbonyl (C=O) groups is 1. The zero-order valence-electron chi connectivity index (χ0n) is 5.92. The molecule has 0 amide bonds. The zero-order valence-corrected chi connectivity index (χ0v) is 5.92. The molecular weight excluding hydrogens is 126 g/mol. The zero-order chi connectivity index (χ0) is 6.97. The second kappa shape index (κ2) is 2.20. The van der Waals surface area contributed by atoms with Crippen LogP contribution in [0.3, 0.4) is 0 Å². The molecule has 2 unspecified atom stereocenters. The first-order valence-electron chi connectivity index (χ1n) is 3.77. The number of aldehydes is 1. The van der Waals surface area contributed by atoms with E-state index in [1.807, 2.05) is 0 Å². The lowest BCUT2D eigenvalue weighted by Gasteiger charge is -2.13. The lowest BCUT2D eigenvalue weighted by Crippen LogP contribution is -2.17. The van der Waals surface area contributed by atoms with E-state index in [0.29, 0.717) is 5.92 Å². The van der Waals surface area contributed by atoms with Gasteiger partial charge in [-0.15, -0.1) is 0 Å². The van der Waals surface area contributed by atoms with Crippen molar-refractivity contribution in [3.05, 3.63) is 11.6 Å². The van der Waals surface area contributed by atoms with Gasteiger partial charge < -0.3 is 0 Å². The number of hydrogen-bond acceptors (Lipinski definition) is 2. The van der Waals surface area contributed by atoms with Crippen molar-refractivity contribution in [3.8, 4) is 0 Å². The van der Waals surface area contributed by atoms with Gasteiger partial charge >= 0.3 is 0 Å². The summed E-state index contributed by atoms with van der Waals surface area (Å²) in [7, 11) is 0. The van der Waals surface area contributed by atoms with Crippen molar-refractivity contribution in [3.63, 3.8) is 0 Å². The number of hydrogen-bond donors (Lipinski definition) is 0. The first kappa shape index (κ1) is 6.10. The number of allylic oxidation sites excluding steroid dienone is 1. The Balaban J connectivity index is 2.15. The normalized spacial score (nSPS) is 41.0. The van der Waals surface area contributed by atoms with Gasteiger partial charge in [0.25, 0.3) is 0 Å². The molecule has 0 N–H and O–H groups in total. The Morgan fingerprint density at radius 1 is 1.60 bits per heavy atom. The van der Waals surface area contributed by atoms with E-state index in [0.717, 1.165) is 12.8 Å². The third-order valence-electron chi connectivity index (χ3n) is 2.49. The van der Waals surface area contributed by atoms with E-state index in [1.54, 1.807) is 6.08 Å². The topological polar surface area (TPSA) is 20.3 Å². The Morgan fingerprint density at radius 3 is 3.00 bits per heavy atom.